The van der Waals surface area contributed by atoms with E-state index in [1.807, 2.05) is 0 Å². The van der Waals surface area contributed by atoms with Crippen LogP contribution in [-0.4, -0.2) is 18.5 Å². The Labute approximate surface area is 108 Å². The Kier molecular flexibility index (Phi) is 3.26. The minimum atomic E-state index is -3.94. The van der Waals surface area contributed by atoms with Gasteiger partial charge in [-0.15, -0.1) is 0 Å². The lowest BCUT2D eigenvalue weighted by molar-refractivity contribution is 0.477. The van der Waals surface area contributed by atoms with Gasteiger partial charge < -0.3 is 10.8 Å². The van der Waals surface area contributed by atoms with Gasteiger partial charge >= 0.3 is 0 Å². The van der Waals surface area contributed by atoms with Gasteiger partial charge in [-0.3, -0.25) is 4.72 Å². The van der Waals surface area contributed by atoms with Gasteiger partial charge in [0.15, 0.2) is 0 Å². The van der Waals surface area contributed by atoms with Crippen molar-refractivity contribution in [2.75, 3.05) is 10.5 Å². The number of hydrogen-bond donors (Lipinski definition) is 3. The van der Waals surface area contributed by atoms with Gasteiger partial charge in [-0.05, 0) is 30.3 Å². The van der Waals surface area contributed by atoms with Crippen LogP contribution in [0.4, 0.5) is 15.9 Å². The highest BCUT2D eigenvalue weighted by atomic mass is 32.2. The molecule has 1 heterocycles. The van der Waals surface area contributed by atoms with E-state index in [2.05, 4.69) is 9.71 Å². The average Bonchev–Trinajstić information content (AvgIpc) is 2.32. The van der Waals surface area contributed by atoms with E-state index in [0.717, 1.165) is 18.2 Å². The maximum Gasteiger partial charge on any atom is 0.263 e. The summed E-state index contributed by atoms with van der Waals surface area (Å²) in [6, 6.07) is 7.15. The molecule has 1 aromatic carbocycles. The zero-order valence-corrected chi connectivity index (χ0v) is 10.4. The number of nitrogens with zero attached hydrogens (tertiary/aromatic N) is 1. The number of nitrogens with two attached hydrogens (primary N) is 1. The van der Waals surface area contributed by atoms with Crippen LogP contribution in [0.1, 0.15) is 0 Å². The smallest absolute Gasteiger partial charge is 0.263 e. The molecule has 100 valence electrons. The molecule has 19 heavy (non-hydrogen) atoms. The summed E-state index contributed by atoms with van der Waals surface area (Å²) in [4.78, 5) is 3.23. The largest absolute Gasteiger partial charge is 0.506 e. The molecule has 0 aliphatic carbocycles. The maximum atomic E-state index is 12.9. The second-order valence-corrected chi connectivity index (χ2v) is 5.35. The maximum absolute atomic E-state index is 12.9. The minimum absolute atomic E-state index is 0.0740. The second-order valence-electron chi connectivity index (χ2n) is 3.67. The predicted molar refractivity (Wildman–Crippen MR) is 67.5 cm³/mol. The number of hydrogen-bond acceptors (Lipinski definition) is 5. The van der Waals surface area contributed by atoms with Crippen molar-refractivity contribution in [3.63, 3.8) is 0 Å². The number of nitrogens with one attached hydrogen (secondary N) is 1. The van der Waals surface area contributed by atoms with Crippen LogP contribution in [0.25, 0.3) is 0 Å². The van der Waals surface area contributed by atoms with Gasteiger partial charge in [-0.1, -0.05) is 6.07 Å². The standard InChI is InChI=1S/C11H10FN3O3S/c12-10-2-1-3-11(14-10)15-19(17,18)7-4-5-9(16)8(13)6-7/h1-6,16H,13H2,(H,14,15). The molecule has 0 saturated carbocycles. The third-order valence-corrected chi connectivity index (χ3v) is 3.62. The molecule has 0 spiro atoms. The van der Waals surface area contributed by atoms with Crippen LogP contribution in [0.5, 0.6) is 5.75 Å². The minimum Gasteiger partial charge on any atom is -0.506 e. The summed E-state index contributed by atoms with van der Waals surface area (Å²) >= 11 is 0. The zero-order valence-electron chi connectivity index (χ0n) is 9.54. The fraction of sp³-hybridized carbons (Fsp3) is 0. The highest BCUT2D eigenvalue weighted by Crippen LogP contribution is 2.24. The fourth-order valence-electron chi connectivity index (χ4n) is 1.36. The van der Waals surface area contributed by atoms with Crippen molar-refractivity contribution in [1.82, 2.24) is 4.98 Å². The van der Waals surface area contributed by atoms with Crippen LogP contribution in [0.15, 0.2) is 41.3 Å². The van der Waals surface area contributed by atoms with E-state index in [1.54, 1.807) is 0 Å². The van der Waals surface area contributed by atoms with Crippen molar-refractivity contribution >= 4 is 21.5 Å². The summed E-state index contributed by atoms with van der Waals surface area (Å²) in [5.41, 5.74) is 5.34. The van der Waals surface area contributed by atoms with Gasteiger partial charge in [0.25, 0.3) is 10.0 Å². The Balaban J connectivity index is 2.35. The van der Waals surface area contributed by atoms with E-state index in [0.29, 0.717) is 0 Å². The van der Waals surface area contributed by atoms with E-state index in [4.69, 9.17) is 5.73 Å². The summed E-state index contributed by atoms with van der Waals surface area (Å²) in [5.74, 6) is -1.17. The number of halogens is 1. The number of pyridine rings is 1. The van der Waals surface area contributed by atoms with E-state index < -0.39 is 16.0 Å². The number of anilines is 2. The molecule has 0 radical (unpaired) electrons. The predicted octanol–water partition coefficient (Wildman–Crippen LogP) is 1.31. The average molecular weight is 283 g/mol. The van der Waals surface area contributed by atoms with Gasteiger partial charge in [-0.25, -0.2) is 13.4 Å². The molecule has 0 fully saturated rings. The lowest BCUT2D eigenvalue weighted by atomic mass is 10.3. The van der Waals surface area contributed by atoms with E-state index in [-0.39, 0.29) is 22.2 Å². The molecule has 0 aliphatic heterocycles. The highest BCUT2D eigenvalue weighted by molar-refractivity contribution is 7.92. The van der Waals surface area contributed by atoms with Crippen molar-refractivity contribution in [3.8, 4) is 5.75 Å². The van der Waals surface area contributed by atoms with Crippen LogP contribution in [0.2, 0.25) is 0 Å². The first kappa shape index (κ1) is 13.1. The lowest BCUT2D eigenvalue weighted by Crippen LogP contribution is -2.14. The Morgan fingerprint density at radius 3 is 2.63 bits per heavy atom. The summed E-state index contributed by atoms with van der Waals surface area (Å²) in [6.45, 7) is 0. The van der Waals surface area contributed by atoms with Gasteiger partial charge in [0.05, 0.1) is 10.6 Å². The zero-order chi connectivity index (χ0) is 14.0. The molecule has 6 nitrogen and oxygen atoms in total. The molecule has 0 aliphatic rings. The number of phenolic OH excluding ortho intramolecular Hbond substituents is 1. The third-order valence-electron chi connectivity index (χ3n) is 2.26. The normalized spacial score (nSPS) is 11.2. The Morgan fingerprint density at radius 2 is 2.00 bits per heavy atom. The molecule has 0 atom stereocenters. The Hall–Kier alpha value is -2.35. The second kappa shape index (κ2) is 4.73. The van der Waals surface area contributed by atoms with E-state index in [9.17, 15) is 17.9 Å². The quantitative estimate of drug-likeness (QED) is 0.447. The Morgan fingerprint density at radius 1 is 1.26 bits per heavy atom. The number of sulfonamides is 1. The van der Waals surface area contributed by atoms with Crippen molar-refractivity contribution in [1.29, 1.82) is 0 Å². The fourth-order valence-corrected chi connectivity index (χ4v) is 2.40. The molecule has 8 heteroatoms. The first-order chi connectivity index (χ1) is 8.88. The summed E-state index contributed by atoms with van der Waals surface area (Å²) < 4.78 is 38.9. The topological polar surface area (TPSA) is 105 Å². The van der Waals surface area contributed by atoms with Gasteiger partial charge in [0.2, 0.25) is 5.95 Å². The van der Waals surface area contributed by atoms with E-state index in [1.165, 1.54) is 18.2 Å². The first-order valence-electron chi connectivity index (χ1n) is 5.12. The Bertz CT molecular complexity index is 719. The van der Waals surface area contributed by atoms with Gasteiger partial charge in [0.1, 0.15) is 11.6 Å². The van der Waals surface area contributed by atoms with Crippen LogP contribution in [0, 0.1) is 5.95 Å². The number of aromatic nitrogens is 1. The molecule has 1 aromatic heterocycles. The number of phenols is 1. The van der Waals surface area contributed by atoms with Crippen LogP contribution < -0.4 is 10.5 Å². The van der Waals surface area contributed by atoms with Gasteiger partial charge in [-0.2, -0.15) is 4.39 Å². The van der Waals surface area contributed by atoms with Crippen LogP contribution in [0.3, 0.4) is 0 Å². The molecule has 4 N–H and O–H groups in total. The van der Waals surface area contributed by atoms with Crippen molar-refractivity contribution in [2.45, 2.75) is 4.90 Å². The van der Waals surface area contributed by atoms with E-state index >= 15 is 0 Å². The molecule has 2 aromatic rings. The molecular formula is C11H10FN3O3S. The number of nitrogen functional groups attached to an aromatic ring is 1. The van der Waals surface area contributed by atoms with Gasteiger partial charge in [0, 0.05) is 0 Å². The third kappa shape index (κ3) is 2.91. The molecule has 2 rings (SSSR count). The summed E-state index contributed by atoms with van der Waals surface area (Å²) in [6.07, 6.45) is 0. The van der Waals surface area contributed by atoms with Crippen molar-refractivity contribution in [3.05, 3.63) is 42.3 Å². The molecule has 0 unspecified atom stereocenters. The number of benzene rings is 1. The monoisotopic (exact) mass is 283 g/mol. The molecular weight excluding hydrogens is 273 g/mol. The lowest BCUT2D eigenvalue weighted by Gasteiger charge is -2.08. The van der Waals surface area contributed by atoms with Crippen LogP contribution in [-0.2, 0) is 10.0 Å². The van der Waals surface area contributed by atoms with Crippen LogP contribution >= 0.6 is 0 Å². The highest BCUT2D eigenvalue weighted by Gasteiger charge is 2.16. The van der Waals surface area contributed by atoms with Crippen molar-refractivity contribution in [2.24, 2.45) is 0 Å². The van der Waals surface area contributed by atoms with Crippen molar-refractivity contribution < 1.29 is 17.9 Å². The summed E-state index contributed by atoms with van der Waals surface area (Å²) in [5, 5.41) is 9.23. The first-order valence-corrected chi connectivity index (χ1v) is 6.61. The molecule has 0 amide bonds. The molecule has 0 saturated heterocycles. The SMILES string of the molecule is Nc1cc(S(=O)(=O)Nc2cccc(F)n2)ccc1O. The number of rotatable bonds is 3. The molecule has 0 bridgehead atoms. The summed E-state index contributed by atoms with van der Waals surface area (Å²) in [7, 11) is -3.94. The number of aromatic hydroxyl groups is 1.